The van der Waals surface area contributed by atoms with Gasteiger partial charge in [-0.15, -0.1) is 0 Å². The molecule has 0 aliphatic heterocycles. The standard InChI is InChI=1S/C18H18N6O/c1-4-12-7-13(18(25)21-10-19)5-6-15(12)24(3)17-8-16-14(9-20-17)22-11-23(16)2/h5-9,11H,4H2,1-3H3,(H,21,25). The highest BCUT2D eigenvalue weighted by molar-refractivity contribution is 5.96. The number of rotatable bonds is 4. The van der Waals surface area contributed by atoms with Crippen LogP contribution >= 0.6 is 0 Å². The first-order chi connectivity index (χ1) is 12.0. The number of hydrogen-bond donors (Lipinski definition) is 1. The molecule has 25 heavy (non-hydrogen) atoms. The Morgan fingerprint density at radius 3 is 2.88 bits per heavy atom. The number of benzene rings is 1. The molecule has 0 fully saturated rings. The summed E-state index contributed by atoms with van der Waals surface area (Å²) in [5, 5.41) is 10.7. The number of pyridine rings is 1. The van der Waals surface area contributed by atoms with Crippen molar-refractivity contribution < 1.29 is 4.79 Å². The zero-order valence-corrected chi connectivity index (χ0v) is 14.3. The average Bonchev–Trinajstić information content (AvgIpc) is 3.01. The van der Waals surface area contributed by atoms with Crippen molar-refractivity contribution in [2.45, 2.75) is 13.3 Å². The summed E-state index contributed by atoms with van der Waals surface area (Å²) in [6.07, 6.45) is 5.92. The molecule has 7 heteroatoms. The summed E-state index contributed by atoms with van der Waals surface area (Å²) in [5.74, 6) is 0.390. The van der Waals surface area contributed by atoms with Crippen LogP contribution in [0.3, 0.4) is 0 Å². The molecular formula is C18H18N6O. The molecule has 0 unspecified atom stereocenters. The molecule has 0 spiro atoms. The summed E-state index contributed by atoms with van der Waals surface area (Å²) in [5.41, 5.74) is 4.27. The van der Waals surface area contributed by atoms with Crippen LogP contribution in [0.2, 0.25) is 0 Å². The smallest absolute Gasteiger partial charge is 0.264 e. The van der Waals surface area contributed by atoms with E-state index in [1.807, 2.05) is 42.6 Å². The lowest BCUT2D eigenvalue weighted by Crippen LogP contribution is -2.18. The molecule has 3 aromatic rings. The lowest BCUT2D eigenvalue weighted by Gasteiger charge is -2.22. The predicted octanol–water partition coefficient (Wildman–Crippen LogP) is 2.51. The van der Waals surface area contributed by atoms with E-state index in [9.17, 15) is 4.79 Å². The Kier molecular flexibility index (Phi) is 4.35. The molecule has 0 aliphatic carbocycles. The lowest BCUT2D eigenvalue weighted by molar-refractivity contribution is 0.0973. The largest absolute Gasteiger partial charge is 0.334 e. The summed E-state index contributed by atoms with van der Waals surface area (Å²) in [6, 6.07) is 7.37. The molecule has 0 bridgehead atoms. The molecule has 0 radical (unpaired) electrons. The molecule has 126 valence electrons. The summed E-state index contributed by atoms with van der Waals surface area (Å²) in [7, 11) is 3.88. The Labute approximate surface area is 145 Å². The first-order valence-corrected chi connectivity index (χ1v) is 7.88. The van der Waals surface area contributed by atoms with E-state index in [1.54, 1.807) is 30.9 Å². The summed E-state index contributed by atoms with van der Waals surface area (Å²) < 4.78 is 1.95. The van der Waals surface area contributed by atoms with E-state index in [-0.39, 0.29) is 0 Å². The molecule has 3 rings (SSSR count). The van der Waals surface area contributed by atoms with Gasteiger partial charge in [0.2, 0.25) is 0 Å². The Bertz CT molecular complexity index is 985. The van der Waals surface area contributed by atoms with Gasteiger partial charge in [0.15, 0.2) is 6.19 Å². The number of fused-ring (bicyclic) bond motifs is 1. The van der Waals surface area contributed by atoms with Crippen molar-refractivity contribution in [2.24, 2.45) is 7.05 Å². The van der Waals surface area contributed by atoms with Crippen LogP contribution in [0.1, 0.15) is 22.8 Å². The van der Waals surface area contributed by atoms with Gasteiger partial charge in [0.25, 0.3) is 5.91 Å². The number of aryl methyl sites for hydroxylation is 2. The maximum absolute atomic E-state index is 11.8. The monoisotopic (exact) mass is 334 g/mol. The number of anilines is 2. The zero-order chi connectivity index (χ0) is 18.0. The quantitative estimate of drug-likeness (QED) is 0.585. The molecule has 1 amide bonds. The van der Waals surface area contributed by atoms with E-state index in [1.165, 1.54) is 0 Å². The Morgan fingerprint density at radius 1 is 1.36 bits per heavy atom. The van der Waals surface area contributed by atoms with Gasteiger partial charge in [0.05, 0.1) is 18.0 Å². The van der Waals surface area contributed by atoms with Crippen LogP contribution in [-0.2, 0) is 13.5 Å². The third-order valence-electron chi connectivity index (χ3n) is 4.19. The third-order valence-corrected chi connectivity index (χ3v) is 4.19. The summed E-state index contributed by atoms with van der Waals surface area (Å²) >= 11 is 0. The highest BCUT2D eigenvalue weighted by Gasteiger charge is 2.14. The van der Waals surface area contributed by atoms with Gasteiger partial charge in [-0.2, -0.15) is 5.26 Å². The molecule has 7 nitrogen and oxygen atoms in total. The van der Waals surface area contributed by atoms with Crippen molar-refractivity contribution in [3.63, 3.8) is 0 Å². The Balaban J connectivity index is 2.00. The van der Waals surface area contributed by atoms with Crippen molar-refractivity contribution in [2.75, 3.05) is 11.9 Å². The van der Waals surface area contributed by atoms with Crippen LogP contribution in [-0.4, -0.2) is 27.5 Å². The minimum absolute atomic E-state index is 0.402. The second-order valence-electron chi connectivity index (χ2n) is 5.71. The molecule has 0 saturated heterocycles. The predicted molar refractivity (Wildman–Crippen MR) is 95.5 cm³/mol. The number of carbonyl (C=O) groups is 1. The van der Waals surface area contributed by atoms with E-state index in [0.29, 0.717) is 5.56 Å². The molecule has 2 heterocycles. The van der Waals surface area contributed by atoms with Crippen molar-refractivity contribution in [1.29, 1.82) is 5.26 Å². The van der Waals surface area contributed by atoms with Crippen LogP contribution in [0.15, 0.2) is 36.8 Å². The summed E-state index contributed by atoms with van der Waals surface area (Å²) in [6.45, 7) is 2.02. The van der Waals surface area contributed by atoms with Gasteiger partial charge < -0.3 is 9.47 Å². The van der Waals surface area contributed by atoms with Gasteiger partial charge in [0, 0.05) is 31.4 Å². The average molecular weight is 334 g/mol. The van der Waals surface area contributed by atoms with Gasteiger partial charge in [-0.05, 0) is 30.2 Å². The van der Waals surface area contributed by atoms with Crippen LogP contribution in [0.5, 0.6) is 0 Å². The third kappa shape index (κ3) is 3.02. The fraction of sp³-hybridized carbons (Fsp3) is 0.222. The van der Waals surface area contributed by atoms with Crippen molar-refractivity contribution in [1.82, 2.24) is 19.9 Å². The number of amides is 1. The van der Waals surface area contributed by atoms with Crippen LogP contribution in [0, 0.1) is 11.5 Å². The van der Waals surface area contributed by atoms with Crippen molar-refractivity contribution in [3.05, 3.63) is 47.9 Å². The van der Waals surface area contributed by atoms with E-state index < -0.39 is 5.91 Å². The Morgan fingerprint density at radius 2 is 2.16 bits per heavy atom. The molecule has 0 saturated carbocycles. The van der Waals surface area contributed by atoms with Crippen molar-refractivity contribution in [3.8, 4) is 6.19 Å². The van der Waals surface area contributed by atoms with E-state index in [2.05, 4.69) is 15.3 Å². The van der Waals surface area contributed by atoms with Crippen LogP contribution < -0.4 is 10.2 Å². The molecule has 0 aliphatic rings. The highest BCUT2D eigenvalue weighted by atomic mass is 16.1. The first kappa shape index (κ1) is 16.5. The normalized spacial score (nSPS) is 10.5. The summed E-state index contributed by atoms with van der Waals surface area (Å²) in [4.78, 5) is 22.6. The number of hydrogen-bond acceptors (Lipinski definition) is 5. The SMILES string of the molecule is CCc1cc(C(=O)NC#N)ccc1N(C)c1cc2c(cn1)ncn2C. The maximum atomic E-state index is 11.8. The molecule has 1 aromatic carbocycles. The molecular weight excluding hydrogens is 316 g/mol. The fourth-order valence-corrected chi connectivity index (χ4v) is 2.79. The molecule has 1 N–H and O–H groups in total. The van der Waals surface area contributed by atoms with Gasteiger partial charge >= 0.3 is 0 Å². The van der Waals surface area contributed by atoms with Gasteiger partial charge in [0.1, 0.15) is 11.3 Å². The first-order valence-electron chi connectivity index (χ1n) is 7.88. The van der Waals surface area contributed by atoms with Gasteiger partial charge in [-0.25, -0.2) is 9.97 Å². The second-order valence-corrected chi connectivity index (χ2v) is 5.71. The van der Waals surface area contributed by atoms with Crippen molar-refractivity contribution >= 4 is 28.4 Å². The zero-order valence-electron chi connectivity index (χ0n) is 14.3. The van der Waals surface area contributed by atoms with Gasteiger partial charge in [-0.3, -0.25) is 10.1 Å². The topological polar surface area (TPSA) is 86.8 Å². The van der Waals surface area contributed by atoms with E-state index in [0.717, 1.165) is 34.5 Å². The molecule has 2 aromatic heterocycles. The van der Waals surface area contributed by atoms with E-state index in [4.69, 9.17) is 5.26 Å². The number of nitriles is 1. The maximum Gasteiger partial charge on any atom is 0.264 e. The number of carbonyl (C=O) groups excluding carboxylic acids is 1. The molecule has 0 atom stereocenters. The minimum Gasteiger partial charge on any atom is -0.334 e. The van der Waals surface area contributed by atoms with E-state index >= 15 is 0 Å². The van der Waals surface area contributed by atoms with Crippen LogP contribution in [0.4, 0.5) is 11.5 Å². The minimum atomic E-state index is -0.402. The number of imidazole rings is 1. The number of aromatic nitrogens is 3. The Hall–Kier alpha value is -3.40. The lowest BCUT2D eigenvalue weighted by atomic mass is 10.0. The number of nitrogens with one attached hydrogen (secondary N) is 1. The van der Waals surface area contributed by atoms with Gasteiger partial charge in [-0.1, -0.05) is 6.92 Å². The fourth-order valence-electron chi connectivity index (χ4n) is 2.79. The van der Waals surface area contributed by atoms with Crippen LogP contribution in [0.25, 0.3) is 11.0 Å². The number of nitrogens with zero attached hydrogens (tertiary/aromatic N) is 5. The highest BCUT2D eigenvalue weighted by Crippen LogP contribution is 2.28. The second kappa shape index (κ2) is 6.61.